The third kappa shape index (κ3) is 3.48. The minimum atomic E-state index is -3.32. The summed E-state index contributed by atoms with van der Waals surface area (Å²) in [6, 6.07) is 6.71. The predicted octanol–water partition coefficient (Wildman–Crippen LogP) is 1.53. The fourth-order valence-electron chi connectivity index (χ4n) is 2.11. The maximum Gasteiger partial charge on any atom is 0.180 e. The van der Waals surface area contributed by atoms with E-state index in [1.807, 2.05) is 0 Å². The largest absolute Gasteiger partial charge is 0.383 e. The summed E-state index contributed by atoms with van der Waals surface area (Å²) in [6.07, 6.45) is 3.33. The van der Waals surface area contributed by atoms with Gasteiger partial charge in [0.1, 0.15) is 5.60 Å². The minimum absolute atomic E-state index is 0.0324. The first-order valence-corrected chi connectivity index (χ1v) is 8.68. The Morgan fingerprint density at radius 2 is 2.05 bits per heavy atom. The molecule has 0 saturated heterocycles. The van der Waals surface area contributed by atoms with Crippen LogP contribution in [0.2, 0.25) is 0 Å². The zero-order valence-corrected chi connectivity index (χ0v) is 13.8. The maximum absolute atomic E-state index is 12.1. The first-order valence-electron chi connectivity index (χ1n) is 7.03. The van der Waals surface area contributed by atoms with E-state index in [1.54, 1.807) is 62.2 Å². The number of para-hydroxylation sites is 1. The van der Waals surface area contributed by atoms with Crippen LogP contribution in [-0.2, 0) is 22.5 Å². The van der Waals surface area contributed by atoms with E-state index in [4.69, 9.17) is 0 Å². The third-order valence-corrected chi connectivity index (χ3v) is 5.34. The number of aliphatic hydroxyl groups is 1. The number of nitrogens with zero attached hydrogens (tertiary/aromatic N) is 2. The summed E-state index contributed by atoms with van der Waals surface area (Å²) in [6.45, 7) is 3.45. The molecule has 7 heteroatoms. The zero-order chi connectivity index (χ0) is 16.4. The molecule has 0 aliphatic rings. The van der Waals surface area contributed by atoms with Crippen LogP contribution in [0.15, 0.2) is 41.6 Å². The molecule has 22 heavy (non-hydrogen) atoms. The van der Waals surface area contributed by atoms with Gasteiger partial charge in [-0.1, -0.05) is 19.1 Å². The minimum Gasteiger partial charge on any atom is -0.383 e. The first kappa shape index (κ1) is 16.5. The molecule has 0 saturated carbocycles. The molecule has 1 aromatic heterocycles. The summed E-state index contributed by atoms with van der Waals surface area (Å²) in [5.74, 6) is 0.0324. The van der Waals surface area contributed by atoms with Crippen LogP contribution in [0, 0.1) is 0 Å². The molecule has 0 aliphatic heterocycles. The lowest BCUT2D eigenvalue weighted by molar-refractivity contribution is 0.0714. The summed E-state index contributed by atoms with van der Waals surface area (Å²) < 4.78 is 25.8. The van der Waals surface area contributed by atoms with Crippen LogP contribution in [0.25, 0.3) is 0 Å². The lowest BCUT2D eigenvalue weighted by atomic mass is 9.99. The normalized spacial score (nSPS) is 14.5. The fourth-order valence-corrected chi connectivity index (χ4v) is 3.18. The standard InChI is InChI=1S/C15H21N3O3S/c1-4-22(20,21)14-8-6-5-7-13(14)16-11-15(2,19)12-9-17-18(3)10-12/h5-10,16,19H,4,11H2,1-3H3/t15-/m0/s1. The third-order valence-electron chi connectivity index (χ3n) is 3.55. The molecular formula is C15H21N3O3S. The Labute approximate surface area is 130 Å². The van der Waals surface area contributed by atoms with Gasteiger partial charge in [0.15, 0.2) is 9.84 Å². The Hall–Kier alpha value is -1.86. The van der Waals surface area contributed by atoms with Gasteiger partial charge >= 0.3 is 0 Å². The van der Waals surface area contributed by atoms with Crippen LogP contribution < -0.4 is 5.32 Å². The van der Waals surface area contributed by atoms with Crippen LogP contribution in [0.3, 0.4) is 0 Å². The predicted molar refractivity (Wildman–Crippen MR) is 85.4 cm³/mol. The Kier molecular flexibility index (Phi) is 4.58. The molecule has 120 valence electrons. The van der Waals surface area contributed by atoms with E-state index in [9.17, 15) is 13.5 Å². The topological polar surface area (TPSA) is 84.2 Å². The molecule has 0 aliphatic carbocycles. The van der Waals surface area contributed by atoms with Crippen molar-refractivity contribution in [1.29, 1.82) is 0 Å². The second-order valence-corrected chi connectivity index (χ2v) is 7.68. The van der Waals surface area contributed by atoms with Gasteiger partial charge in [-0.2, -0.15) is 5.10 Å². The Balaban J connectivity index is 2.22. The van der Waals surface area contributed by atoms with Gasteiger partial charge < -0.3 is 10.4 Å². The van der Waals surface area contributed by atoms with Crippen LogP contribution in [0.5, 0.6) is 0 Å². The molecule has 0 bridgehead atoms. The van der Waals surface area contributed by atoms with E-state index in [-0.39, 0.29) is 17.2 Å². The molecule has 0 radical (unpaired) electrons. The summed E-state index contributed by atoms with van der Waals surface area (Å²) in [4.78, 5) is 0.250. The van der Waals surface area contributed by atoms with Gasteiger partial charge in [-0.05, 0) is 19.1 Å². The highest BCUT2D eigenvalue weighted by Gasteiger charge is 2.25. The number of hydrogen-bond acceptors (Lipinski definition) is 5. The van der Waals surface area contributed by atoms with E-state index >= 15 is 0 Å². The molecular weight excluding hydrogens is 302 g/mol. The van der Waals surface area contributed by atoms with Gasteiger partial charge in [0.2, 0.25) is 0 Å². The van der Waals surface area contributed by atoms with Gasteiger partial charge in [0.25, 0.3) is 0 Å². The fraction of sp³-hybridized carbons (Fsp3) is 0.400. The molecule has 1 heterocycles. The number of aromatic nitrogens is 2. The van der Waals surface area contributed by atoms with Crippen molar-refractivity contribution >= 4 is 15.5 Å². The van der Waals surface area contributed by atoms with Crippen molar-refractivity contribution in [3.63, 3.8) is 0 Å². The Bertz CT molecular complexity index is 751. The molecule has 1 aromatic carbocycles. The summed E-state index contributed by atoms with van der Waals surface area (Å²) in [5, 5.41) is 17.6. The van der Waals surface area contributed by atoms with Crippen LogP contribution >= 0.6 is 0 Å². The molecule has 0 amide bonds. The van der Waals surface area contributed by atoms with Crippen molar-refractivity contribution in [2.45, 2.75) is 24.3 Å². The molecule has 2 aromatic rings. The Morgan fingerprint density at radius 3 is 2.64 bits per heavy atom. The monoisotopic (exact) mass is 323 g/mol. The second kappa shape index (κ2) is 6.10. The highest BCUT2D eigenvalue weighted by molar-refractivity contribution is 7.91. The van der Waals surface area contributed by atoms with Gasteiger partial charge in [0, 0.05) is 25.4 Å². The average molecular weight is 323 g/mol. The molecule has 2 N–H and O–H groups in total. The van der Waals surface area contributed by atoms with E-state index in [0.29, 0.717) is 11.3 Å². The van der Waals surface area contributed by atoms with Gasteiger partial charge in [0.05, 0.1) is 22.5 Å². The van der Waals surface area contributed by atoms with Crippen LogP contribution in [0.4, 0.5) is 5.69 Å². The highest BCUT2D eigenvalue weighted by atomic mass is 32.2. The molecule has 0 fully saturated rings. The quantitative estimate of drug-likeness (QED) is 0.842. The summed E-state index contributed by atoms with van der Waals surface area (Å²) in [7, 11) is -1.54. The van der Waals surface area contributed by atoms with Crippen molar-refractivity contribution < 1.29 is 13.5 Å². The molecule has 1 atom stereocenters. The van der Waals surface area contributed by atoms with Crippen molar-refractivity contribution in [3.8, 4) is 0 Å². The highest BCUT2D eigenvalue weighted by Crippen LogP contribution is 2.25. The number of rotatable bonds is 6. The van der Waals surface area contributed by atoms with E-state index in [2.05, 4.69) is 10.4 Å². The maximum atomic E-state index is 12.1. The van der Waals surface area contributed by atoms with Crippen molar-refractivity contribution in [3.05, 3.63) is 42.2 Å². The number of sulfone groups is 1. The van der Waals surface area contributed by atoms with Crippen LogP contribution in [-0.4, -0.2) is 35.6 Å². The zero-order valence-electron chi connectivity index (χ0n) is 12.9. The van der Waals surface area contributed by atoms with E-state index in [0.717, 1.165) is 0 Å². The van der Waals surface area contributed by atoms with Gasteiger partial charge in [-0.3, -0.25) is 4.68 Å². The first-order chi connectivity index (χ1) is 10.3. The van der Waals surface area contributed by atoms with Crippen molar-refractivity contribution in [2.75, 3.05) is 17.6 Å². The van der Waals surface area contributed by atoms with Crippen LogP contribution in [0.1, 0.15) is 19.4 Å². The average Bonchev–Trinajstić information content (AvgIpc) is 2.93. The van der Waals surface area contributed by atoms with Crippen molar-refractivity contribution in [2.24, 2.45) is 7.05 Å². The second-order valence-electron chi connectivity index (χ2n) is 5.43. The molecule has 6 nitrogen and oxygen atoms in total. The van der Waals surface area contributed by atoms with Crippen molar-refractivity contribution in [1.82, 2.24) is 9.78 Å². The number of hydrogen-bond donors (Lipinski definition) is 2. The molecule has 0 unspecified atom stereocenters. The SMILES string of the molecule is CCS(=O)(=O)c1ccccc1NC[C@](C)(O)c1cnn(C)c1. The Morgan fingerprint density at radius 1 is 1.36 bits per heavy atom. The number of nitrogens with one attached hydrogen (secondary N) is 1. The smallest absolute Gasteiger partial charge is 0.180 e. The number of anilines is 1. The van der Waals surface area contributed by atoms with E-state index < -0.39 is 15.4 Å². The lowest BCUT2D eigenvalue weighted by Crippen LogP contribution is -2.30. The number of benzene rings is 1. The molecule has 2 rings (SSSR count). The number of aryl methyl sites for hydroxylation is 1. The summed E-state index contributed by atoms with van der Waals surface area (Å²) >= 11 is 0. The summed E-state index contributed by atoms with van der Waals surface area (Å²) in [5.41, 5.74) is 0.00371. The van der Waals surface area contributed by atoms with Gasteiger partial charge in [-0.25, -0.2) is 8.42 Å². The van der Waals surface area contributed by atoms with Gasteiger partial charge in [-0.15, -0.1) is 0 Å². The molecule has 0 spiro atoms. The lowest BCUT2D eigenvalue weighted by Gasteiger charge is -2.23. The van der Waals surface area contributed by atoms with E-state index in [1.165, 1.54) is 0 Å².